The molecule has 27 heavy (non-hydrogen) atoms. The van der Waals surface area contributed by atoms with Crippen LogP contribution in [0, 0.1) is 0 Å². The van der Waals surface area contributed by atoms with Crippen LogP contribution in [0.2, 0.25) is 0 Å². The van der Waals surface area contributed by atoms with Gasteiger partial charge in [0.25, 0.3) is 0 Å². The highest BCUT2D eigenvalue weighted by Gasteiger charge is 2.13. The van der Waals surface area contributed by atoms with Crippen LogP contribution in [0.5, 0.6) is 23.0 Å². The lowest BCUT2D eigenvalue weighted by atomic mass is 10.1. The smallest absolute Gasteiger partial charge is 0.231 e. The van der Waals surface area contributed by atoms with Gasteiger partial charge in [0.2, 0.25) is 6.79 Å². The van der Waals surface area contributed by atoms with Crippen molar-refractivity contribution in [2.45, 2.75) is 6.54 Å². The van der Waals surface area contributed by atoms with Gasteiger partial charge in [0.1, 0.15) is 0 Å². The van der Waals surface area contributed by atoms with Gasteiger partial charge in [-0.3, -0.25) is 4.98 Å². The maximum Gasteiger partial charge on any atom is 0.231 e. The maximum atomic E-state index is 5.42. The Morgan fingerprint density at radius 1 is 0.889 bits per heavy atom. The molecule has 1 aliphatic rings. The fourth-order valence-corrected chi connectivity index (χ4v) is 2.97. The lowest BCUT2D eigenvalue weighted by Crippen LogP contribution is -2.00. The summed E-state index contributed by atoms with van der Waals surface area (Å²) in [6, 6.07) is 13.8. The number of benzene rings is 2. The number of aromatic nitrogens is 1. The molecule has 0 bridgehead atoms. The summed E-state index contributed by atoms with van der Waals surface area (Å²) in [6.07, 6.45) is 3.63. The molecule has 1 aliphatic heterocycles. The van der Waals surface area contributed by atoms with Gasteiger partial charge in [0.05, 0.1) is 19.9 Å². The Morgan fingerprint density at radius 2 is 1.74 bits per heavy atom. The van der Waals surface area contributed by atoms with Gasteiger partial charge < -0.3 is 24.3 Å². The molecule has 1 aromatic heterocycles. The van der Waals surface area contributed by atoms with Gasteiger partial charge in [-0.25, -0.2) is 0 Å². The molecule has 0 amide bonds. The third-order valence-corrected chi connectivity index (χ3v) is 4.39. The monoisotopic (exact) mass is 364 g/mol. The minimum atomic E-state index is 0.281. The van der Waals surface area contributed by atoms with Crippen LogP contribution in [0.4, 0.5) is 5.69 Å². The molecule has 6 heteroatoms. The Balaban J connectivity index is 1.51. The van der Waals surface area contributed by atoms with E-state index in [0.29, 0.717) is 18.0 Å². The summed E-state index contributed by atoms with van der Waals surface area (Å²) in [6.45, 7) is 0.942. The number of anilines is 1. The molecule has 0 radical (unpaired) electrons. The number of nitrogens with one attached hydrogen (secondary N) is 1. The van der Waals surface area contributed by atoms with E-state index in [1.165, 1.54) is 0 Å². The van der Waals surface area contributed by atoms with Crippen LogP contribution in [-0.4, -0.2) is 26.0 Å². The van der Waals surface area contributed by atoms with Gasteiger partial charge in [-0.15, -0.1) is 0 Å². The lowest BCUT2D eigenvalue weighted by molar-refractivity contribution is 0.174. The van der Waals surface area contributed by atoms with E-state index in [4.69, 9.17) is 18.9 Å². The van der Waals surface area contributed by atoms with E-state index < -0.39 is 0 Å². The van der Waals surface area contributed by atoms with E-state index in [9.17, 15) is 0 Å². The normalized spacial score (nSPS) is 11.9. The van der Waals surface area contributed by atoms with E-state index in [0.717, 1.165) is 33.9 Å². The summed E-state index contributed by atoms with van der Waals surface area (Å²) >= 11 is 0. The molecule has 4 rings (SSSR count). The van der Waals surface area contributed by atoms with Gasteiger partial charge in [0, 0.05) is 24.5 Å². The van der Waals surface area contributed by atoms with E-state index in [1.807, 2.05) is 42.6 Å². The summed E-state index contributed by atoms with van der Waals surface area (Å²) in [5.74, 6) is 2.96. The Kier molecular flexibility index (Phi) is 4.70. The van der Waals surface area contributed by atoms with Crippen molar-refractivity contribution < 1.29 is 18.9 Å². The Bertz CT molecular complexity index is 959. The average Bonchev–Trinajstić information content (AvgIpc) is 3.20. The van der Waals surface area contributed by atoms with Crippen LogP contribution in [0.1, 0.15) is 5.56 Å². The van der Waals surface area contributed by atoms with Crippen molar-refractivity contribution in [2.24, 2.45) is 0 Å². The predicted molar refractivity (Wildman–Crippen MR) is 103 cm³/mol. The predicted octanol–water partition coefficient (Wildman–Crippen LogP) is 4.11. The number of ether oxygens (including phenoxy) is 4. The summed E-state index contributed by atoms with van der Waals surface area (Å²) in [5, 5.41) is 3.40. The highest BCUT2D eigenvalue weighted by Crippen LogP contribution is 2.34. The highest BCUT2D eigenvalue weighted by atomic mass is 16.7. The van der Waals surface area contributed by atoms with Crippen molar-refractivity contribution in [3.05, 3.63) is 60.4 Å². The first-order valence-electron chi connectivity index (χ1n) is 8.56. The number of rotatable bonds is 6. The minimum Gasteiger partial charge on any atom is -0.493 e. The topological polar surface area (TPSA) is 61.8 Å². The van der Waals surface area contributed by atoms with E-state index in [2.05, 4.69) is 16.4 Å². The first kappa shape index (κ1) is 17.0. The first-order valence-corrected chi connectivity index (χ1v) is 8.56. The molecular formula is C21H20N2O4. The molecule has 1 N–H and O–H groups in total. The second-order valence-electron chi connectivity index (χ2n) is 6.07. The molecule has 2 heterocycles. The van der Waals surface area contributed by atoms with E-state index >= 15 is 0 Å². The van der Waals surface area contributed by atoms with Gasteiger partial charge in [0.15, 0.2) is 23.0 Å². The molecule has 0 spiro atoms. The van der Waals surface area contributed by atoms with Gasteiger partial charge >= 0.3 is 0 Å². The maximum absolute atomic E-state index is 5.42. The van der Waals surface area contributed by atoms with Crippen molar-refractivity contribution >= 4 is 5.69 Å². The molecule has 0 fully saturated rings. The molecule has 0 aliphatic carbocycles. The Labute approximate surface area is 157 Å². The standard InChI is InChI=1S/C21H20N2O4/c1-24-18-6-4-15(9-20(18)25-2)16-8-17(12-22-11-16)23-10-14-3-5-19-21(7-14)27-13-26-19/h3-9,11-12,23H,10,13H2,1-2H3. The van der Waals surface area contributed by atoms with Crippen molar-refractivity contribution in [1.82, 2.24) is 4.98 Å². The molecule has 2 aromatic carbocycles. The summed E-state index contributed by atoms with van der Waals surface area (Å²) in [7, 11) is 3.25. The number of hydrogen-bond donors (Lipinski definition) is 1. The SMILES string of the molecule is COc1ccc(-c2cncc(NCc3ccc4c(c3)OCO4)c2)cc1OC. The molecule has 0 saturated carbocycles. The van der Waals surface area contributed by atoms with E-state index in [1.54, 1.807) is 20.4 Å². The number of nitrogens with zero attached hydrogens (tertiary/aromatic N) is 1. The van der Waals surface area contributed by atoms with Crippen LogP contribution >= 0.6 is 0 Å². The summed E-state index contributed by atoms with van der Waals surface area (Å²) in [4.78, 5) is 4.35. The van der Waals surface area contributed by atoms with Crippen molar-refractivity contribution in [3.8, 4) is 34.1 Å². The third-order valence-electron chi connectivity index (χ3n) is 4.39. The minimum absolute atomic E-state index is 0.281. The van der Waals surface area contributed by atoms with Crippen LogP contribution in [0.3, 0.4) is 0 Å². The number of methoxy groups -OCH3 is 2. The zero-order valence-electron chi connectivity index (χ0n) is 15.2. The molecule has 3 aromatic rings. The molecule has 138 valence electrons. The second kappa shape index (κ2) is 7.45. The molecule has 0 atom stereocenters. The van der Waals surface area contributed by atoms with Crippen molar-refractivity contribution in [1.29, 1.82) is 0 Å². The number of pyridine rings is 1. The second-order valence-corrected chi connectivity index (χ2v) is 6.07. The summed E-state index contributed by atoms with van der Waals surface area (Å²) < 4.78 is 21.5. The third kappa shape index (κ3) is 3.60. The van der Waals surface area contributed by atoms with Gasteiger partial charge in [-0.2, -0.15) is 0 Å². The Hall–Kier alpha value is -3.41. The molecule has 6 nitrogen and oxygen atoms in total. The molecule has 0 saturated heterocycles. The van der Waals surface area contributed by atoms with Gasteiger partial charge in [-0.05, 0) is 41.5 Å². The lowest BCUT2D eigenvalue weighted by Gasteiger charge is -2.11. The van der Waals surface area contributed by atoms with E-state index in [-0.39, 0.29) is 6.79 Å². The zero-order chi connectivity index (χ0) is 18.6. The highest BCUT2D eigenvalue weighted by molar-refractivity contribution is 5.69. The number of hydrogen-bond acceptors (Lipinski definition) is 6. The van der Waals surface area contributed by atoms with Crippen molar-refractivity contribution in [3.63, 3.8) is 0 Å². The number of fused-ring (bicyclic) bond motifs is 1. The average molecular weight is 364 g/mol. The van der Waals surface area contributed by atoms with Crippen molar-refractivity contribution in [2.75, 3.05) is 26.3 Å². The fraction of sp³-hybridized carbons (Fsp3) is 0.190. The van der Waals surface area contributed by atoms with Gasteiger partial charge in [-0.1, -0.05) is 12.1 Å². The van der Waals surface area contributed by atoms with Crippen LogP contribution < -0.4 is 24.3 Å². The van der Waals surface area contributed by atoms with Crippen LogP contribution in [0.25, 0.3) is 11.1 Å². The van der Waals surface area contributed by atoms with Crippen LogP contribution in [0.15, 0.2) is 54.9 Å². The zero-order valence-corrected chi connectivity index (χ0v) is 15.2. The molecule has 0 unspecified atom stereocenters. The molecular weight excluding hydrogens is 344 g/mol. The largest absolute Gasteiger partial charge is 0.493 e. The Morgan fingerprint density at radius 3 is 2.59 bits per heavy atom. The van der Waals surface area contributed by atoms with Crippen LogP contribution in [-0.2, 0) is 6.54 Å². The first-order chi connectivity index (χ1) is 13.3. The fourth-order valence-electron chi connectivity index (χ4n) is 2.97. The quantitative estimate of drug-likeness (QED) is 0.710. The summed E-state index contributed by atoms with van der Waals surface area (Å²) in [5.41, 5.74) is 4.04.